The van der Waals surface area contributed by atoms with E-state index in [1.54, 1.807) is 42.6 Å². The Bertz CT molecular complexity index is 816. The van der Waals surface area contributed by atoms with Crippen LogP contribution in [0.4, 0.5) is 0 Å². The largest absolute Gasteiger partial charge is 0.494 e. The van der Waals surface area contributed by atoms with Crippen LogP contribution < -0.4 is 10.1 Å². The number of thiophene rings is 1. The first kappa shape index (κ1) is 21.4. The molecule has 0 aliphatic heterocycles. The lowest BCUT2D eigenvalue weighted by molar-refractivity contribution is -0.150. The van der Waals surface area contributed by atoms with E-state index in [2.05, 4.69) is 5.32 Å². The minimum Gasteiger partial charge on any atom is -0.494 e. The highest BCUT2D eigenvalue weighted by Crippen LogP contribution is 2.17. The molecule has 8 heteroatoms. The Hall–Kier alpha value is -2.87. The van der Waals surface area contributed by atoms with Crippen LogP contribution in [0.15, 0.2) is 35.7 Å². The molecule has 1 aromatic carbocycles. The van der Waals surface area contributed by atoms with Gasteiger partial charge in [0.25, 0.3) is 11.8 Å². The van der Waals surface area contributed by atoms with Crippen molar-refractivity contribution in [2.45, 2.75) is 20.4 Å². The third-order valence-corrected chi connectivity index (χ3v) is 4.96. The van der Waals surface area contributed by atoms with Crippen molar-refractivity contribution in [3.63, 3.8) is 0 Å². The average Bonchev–Trinajstić information content (AvgIpc) is 3.09. The van der Waals surface area contributed by atoms with Crippen LogP contribution in [0.5, 0.6) is 5.75 Å². The smallest absolute Gasteiger partial charge is 0.325 e. The van der Waals surface area contributed by atoms with Gasteiger partial charge in [-0.1, -0.05) is 0 Å². The Morgan fingerprint density at radius 3 is 2.46 bits per heavy atom. The summed E-state index contributed by atoms with van der Waals surface area (Å²) in [5.74, 6) is -0.720. The number of likely N-dealkylation sites (N-methyl/N-ethyl adjacent to an activating group) is 1. The lowest BCUT2D eigenvalue weighted by atomic mass is 10.2. The molecule has 1 N–H and O–H groups in total. The molecule has 0 spiro atoms. The van der Waals surface area contributed by atoms with Gasteiger partial charge in [0, 0.05) is 17.5 Å². The summed E-state index contributed by atoms with van der Waals surface area (Å²) in [4.78, 5) is 38.5. The average molecular weight is 404 g/mol. The summed E-state index contributed by atoms with van der Waals surface area (Å²) >= 11 is 1.58. The van der Waals surface area contributed by atoms with E-state index in [1.807, 2.05) is 25.3 Å². The van der Waals surface area contributed by atoms with Gasteiger partial charge in [-0.2, -0.15) is 0 Å². The molecule has 0 radical (unpaired) electrons. The van der Waals surface area contributed by atoms with Crippen LogP contribution in [0.25, 0.3) is 0 Å². The molecule has 7 nitrogen and oxygen atoms in total. The Morgan fingerprint density at radius 2 is 1.86 bits per heavy atom. The lowest BCUT2D eigenvalue weighted by Crippen LogP contribution is -2.34. The van der Waals surface area contributed by atoms with E-state index < -0.39 is 11.9 Å². The normalized spacial score (nSPS) is 10.2. The van der Waals surface area contributed by atoms with Gasteiger partial charge in [-0.05, 0) is 55.1 Å². The number of ether oxygens (including phenoxy) is 2. The topological polar surface area (TPSA) is 84.9 Å². The molecule has 0 fully saturated rings. The second-order valence-electron chi connectivity index (χ2n) is 6.08. The zero-order valence-corrected chi connectivity index (χ0v) is 17.0. The molecule has 1 aromatic heterocycles. The quantitative estimate of drug-likeness (QED) is 0.649. The van der Waals surface area contributed by atoms with Gasteiger partial charge in [0.1, 0.15) is 12.3 Å². The van der Waals surface area contributed by atoms with Crippen LogP contribution in [0, 0.1) is 6.92 Å². The molecule has 0 atom stereocenters. The molecule has 0 unspecified atom stereocenters. The summed E-state index contributed by atoms with van der Waals surface area (Å²) in [6, 6.07) is 8.57. The second kappa shape index (κ2) is 10.5. The van der Waals surface area contributed by atoms with Crippen LogP contribution in [0.3, 0.4) is 0 Å². The Balaban J connectivity index is 1.72. The number of amides is 2. The van der Waals surface area contributed by atoms with Gasteiger partial charge in [0.15, 0.2) is 6.61 Å². The molecule has 28 heavy (non-hydrogen) atoms. The maximum absolute atomic E-state index is 12.1. The molecule has 0 saturated heterocycles. The maximum Gasteiger partial charge on any atom is 0.325 e. The van der Waals surface area contributed by atoms with E-state index in [1.165, 1.54) is 4.90 Å². The van der Waals surface area contributed by atoms with E-state index in [0.29, 0.717) is 24.5 Å². The fraction of sp³-hybridized carbons (Fsp3) is 0.350. The SMILES string of the molecule is CCOc1ccc(C(=O)NCC(=O)OCC(=O)N(C)Cc2sccc2C)cc1. The highest BCUT2D eigenvalue weighted by Gasteiger charge is 2.15. The first-order chi connectivity index (χ1) is 13.4. The van der Waals surface area contributed by atoms with Gasteiger partial charge < -0.3 is 19.7 Å². The van der Waals surface area contributed by atoms with Crippen molar-refractivity contribution in [3.05, 3.63) is 51.7 Å². The fourth-order valence-electron chi connectivity index (χ4n) is 2.30. The number of esters is 1. The Labute approximate surface area is 168 Å². The zero-order chi connectivity index (χ0) is 20.5. The van der Waals surface area contributed by atoms with Crippen molar-refractivity contribution in [2.75, 3.05) is 26.8 Å². The number of aryl methyl sites for hydroxylation is 1. The van der Waals surface area contributed by atoms with Crippen molar-refractivity contribution in [1.82, 2.24) is 10.2 Å². The highest BCUT2D eigenvalue weighted by molar-refractivity contribution is 7.10. The monoisotopic (exact) mass is 404 g/mol. The number of nitrogens with zero attached hydrogens (tertiary/aromatic N) is 1. The van der Waals surface area contributed by atoms with Crippen LogP contribution in [-0.2, 0) is 20.9 Å². The minimum absolute atomic E-state index is 0.306. The molecule has 1 heterocycles. The summed E-state index contributed by atoms with van der Waals surface area (Å²) < 4.78 is 10.3. The van der Waals surface area contributed by atoms with Gasteiger partial charge >= 0.3 is 5.97 Å². The highest BCUT2D eigenvalue weighted by atomic mass is 32.1. The summed E-state index contributed by atoms with van der Waals surface area (Å²) in [5, 5.41) is 4.44. The Kier molecular flexibility index (Phi) is 8.01. The number of hydrogen-bond acceptors (Lipinski definition) is 6. The third kappa shape index (κ3) is 6.38. The van der Waals surface area contributed by atoms with Crippen LogP contribution in [0.2, 0.25) is 0 Å². The van der Waals surface area contributed by atoms with E-state index in [4.69, 9.17) is 9.47 Å². The molecular formula is C20H24N2O5S. The van der Waals surface area contributed by atoms with E-state index in [0.717, 1.165) is 10.4 Å². The number of rotatable bonds is 9. The van der Waals surface area contributed by atoms with Crippen LogP contribution >= 0.6 is 11.3 Å². The molecule has 2 rings (SSSR count). The predicted molar refractivity (Wildman–Crippen MR) is 106 cm³/mol. The molecule has 2 amide bonds. The summed E-state index contributed by atoms with van der Waals surface area (Å²) in [5.41, 5.74) is 1.53. The lowest BCUT2D eigenvalue weighted by Gasteiger charge is -2.17. The van der Waals surface area contributed by atoms with Crippen molar-refractivity contribution in [1.29, 1.82) is 0 Å². The van der Waals surface area contributed by atoms with Gasteiger partial charge in [0.2, 0.25) is 0 Å². The van der Waals surface area contributed by atoms with Crippen molar-refractivity contribution in [2.24, 2.45) is 0 Å². The second-order valence-corrected chi connectivity index (χ2v) is 7.08. The number of carbonyl (C=O) groups is 3. The summed E-state index contributed by atoms with van der Waals surface area (Å²) in [7, 11) is 1.66. The van der Waals surface area contributed by atoms with E-state index in [9.17, 15) is 14.4 Å². The van der Waals surface area contributed by atoms with Crippen LogP contribution in [-0.4, -0.2) is 49.5 Å². The first-order valence-electron chi connectivity index (χ1n) is 8.84. The standard InChI is InChI=1S/C20H24N2O5S/c1-4-26-16-7-5-15(6-8-16)20(25)21-11-19(24)27-13-18(23)22(3)12-17-14(2)9-10-28-17/h5-10H,4,11-13H2,1-3H3,(H,21,25). The maximum atomic E-state index is 12.1. The first-order valence-corrected chi connectivity index (χ1v) is 9.72. The molecular weight excluding hydrogens is 380 g/mol. The van der Waals surface area contributed by atoms with Gasteiger partial charge in [-0.3, -0.25) is 14.4 Å². The van der Waals surface area contributed by atoms with Gasteiger partial charge in [-0.15, -0.1) is 11.3 Å². The fourth-order valence-corrected chi connectivity index (χ4v) is 3.26. The van der Waals surface area contributed by atoms with E-state index in [-0.39, 0.29) is 19.1 Å². The van der Waals surface area contributed by atoms with Crippen molar-refractivity contribution in [3.8, 4) is 5.75 Å². The number of hydrogen-bond donors (Lipinski definition) is 1. The number of benzene rings is 1. The molecule has 0 aliphatic carbocycles. The van der Waals surface area contributed by atoms with Crippen LogP contribution in [0.1, 0.15) is 27.7 Å². The molecule has 0 bridgehead atoms. The Morgan fingerprint density at radius 1 is 1.14 bits per heavy atom. The number of carbonyl (C=O) groups excluding carboxylic acids is 3. The van der Waals surface area contributed by atoms with E-state index >= 15 is 0 Å². The van der Waals surface area contributed by atoms with Gasteiger partial charge in [-0.25, -0.2) is 0 Å². The molecule has 0 aliphatic rings. The van der Waals surface area contributed by atoms with Crippen molar-refractivity contribution < 1.29 is 23.9 Å². The third-order valence-electron chi connectivity index (χ3n) is 3.95. The summed E-state index contributed by atoms with van der Waals surface area (Å²) in [6.45, 7) is 4.19. The molecule has 2 aromatic rings. The molecule has 0 saturated carbocycles. The minimum atomic E-state index is -0.673. The van der Waals surface area contributed by atoms with Gasteiger partial charge in [0.05, 0.1) is 13.2 Å². The molecule has 150 valence electrons. The summed E-state index contributed by atoms with van der Waals surface area (Å²) in [6.07, 6.45) is 0. The predicted octanol–water partition coefficient (Wildman–Crippen LogP) is 2.39. The zero-order valence-electron chi connectivity index (χ0n) is 16.2. The number of nitrogens with one attached hydrogen (secondary N) is 1. The van der Waals surface area contributed by atoms with Crippen molar-refractivity contribution >= 4 is 29.1 Å².